The molecule has 0 fully saturated rings. The standard InChI is InChI=1S/C17H21F3N2O5/c1-9-6-12(15(24)17(18,19)20)21-11(9)7-10(2)22(3)13(16(25)27-5)8-14(23)26-4/h6,8,10,21H,7H2,1-5H3/b13-8+. The highest BCUT2D eigenvalue weighted by Gasteiger charge is 2.40. The first-order chi connectivity index (χ1) is 12.4. The lowest BCUT2D eigenvalue weighted by Gasteiger charge is -2.27. The maximum Gasteiger partial charge on any atom is 0.456 e. The van der Waals surface area contributed by atoms with Gasteiger partial charge in [0.15, 0.2) is 0 Å². The number of nitrogens with one attached hydrogen (secondary N) is 1. The Labute approximate surface area is 154 Å². The second-order valence-electron chi connectivity index (χ2n) is 5.88. The average Bonchev–Trinajstić information content (AvgIpc) is 2.96. The summed E-state index contributed by atoms with van der Waals surface area (Å²) in [7, 11) is 3.82. The number of methoxy groups -OCH3 is 2. The molecule has 0 aliphatic rings. The van der Waals surface area contributed by atoms with E-state index in [4.69, 9.17) is 0 Å². The summed E-state index contributed by atoms with van der Waals surface area (Å²) < 4.78 is 46.9. The third kappa shape index (κ3) is 5.60. The lowest BCUT2D eigenvalue weighted by molar-refractivity contribution is -0.140. The molecule has 0 aliphatic carbocycles. The number of Topliss-reactive ketones (excluding diaryl/α,β-unsaturated/α-hetero) is 1. The highest BCUT2D eigenvalue weighted by Crippen LogP contribution is 2.23. The Morgan fingerprint density at radius 1 is 1.26 bits per heavy atom. The molecule has 0 saturated heterocycles. The van der Waals surface area contributed by atoms with E-state index in [2.05, 4.69) is 14.5 Å². The van der Waals surface area contributed by atoms with Crippen LogP contribution in [0.3, 0.4) is 0 Å². The number of alkyl halides is 3. The Kier molecular flexibility index (Phi) is 7.21. The fourth-order valence-electron chi connectivity index (χ4n) is 2.34. The Bertz CT molecular complexity index is 752. The molecule has 1 heterocycles. The van der Waals surface area contributed by atoms with Crippen molar-refractivity contribution in [3.8, 4) is 0 Å². The number of aromatic amines is 1. The topological polar surface area (TPSA) is 88.7 Å². The molecule has 1 atom stereocenters. The fraction of sp³-hybridized carbons (Fsp3) is 0.471. The predicted octanol–water partition coefficient (Wildman–Crippen LogP) is 2.16. The van der Waals surface area contributed by atoms with Crippen LogP contribution in [0.25, 0.3) is 0 Å². The molecular weight excluding hydrogens is 369 g/mol. The largest absolute Gasteiger partial charge is 0.466 e. The van der Waals surface area contributed by atoms with Crippen molar-refractivity contribution in [3.63, 3.8) is 0 Å². The van der Waals surface area contributed by atoms with Crippen molar-refractivity contribution in [2.45, 2.75) is 32.5 Å². The number of nitrogens with zero attached hydrogens (tertiary/aromatic N) is 1. The number of carbonyl (C=O) groups is 3. The number of H-pyrrole nitrogens is 1. The summed E-state index contributed by atoms with van der Waals surface area (Å²) in [5, 5.41) is 0. The predicted molar refractivity (Wildman–Crippen MR) is 89.0 cm³/mol. The maximum absolute atomic E-state index is 12.6. The first-order valence-corrected chi connectivity index (χ1v) is 7.83. The van der Waals surface area contributed by atoms with Crippen molar-refractivity contribution in [3.05, 3.63) is 34.8 Å². The zero-order chi connectivity index (χ0) is 20.9. The zero-order valence-corrected chi connectivity index (χ0v) is 15.6. The van der Waals surface area contributed by atoms with E-state index in [-0.39, 0.29) is 12.1 Å². The van der Waals surface area contributed by atoms with Gasteiger partial charge in [0, 0.05) is 25.2 Å². The van der Waals surface area contributed by atoms with Gasteiger partial charge in [-0.25, -0.2) is 9.59 Å². The molecule has 1 unspecified atom stereocenters. The van der Waals surface area contributed by atoms with Gasteiger partial charge in [-0.05, 0) is 25.5 Å². The molecule has 0 aromatic carbocycles. The van der Waals surface area contributed by atoms with Gasteiger partial charge in [-0.2, -0.15) is 13.2 Å². The smallest absolute Gasteiger partial charge is 0.456 e. The van der Waals surface area contributed by atoms with E-state index in [1.165, 1.54) is 11.9 Å². The lowest BCUT2D eigenvalue weighted by atomic mass is 10.1. The molecule has 0 radical (unpaired) electrons. The molecule has 1 aromatic rings. The summed E-state index contributed by atoms with van der Waals surface area (Å²) in [6.45, 7) is 3.26. The number of aryl methyl sites for hydroxylation is 1. The molecule has 7 nitrogen and oxygen atoms in total. The number of halogens is 3. The molecule has 0 aliphatic heterocycles. The van der Waals surface area contributed by atoms with Crippen LogP contribution >= 0.6 is 0 Å². The first-order valence-electron chi connectivity index (χ1n) is 7.83. The van der Waals surface area contributed by atoms with Crippen LogP contribution in [0.2, 0.25) is 0 Å². The molecule has 1 aromatic heterocycles. The molecule has 150 valence electrons. The summed E-state index contributed by atoms with van der Waals surface area (Å²) in [6.07, 6.45) is -3.83. The van der Waals surface area contributed by atoms with E-state index in [9.17, 15) is 27.6 Å². The van der Waals surface area contributed by atoms with E-state index in [0.717, 1.165) is 26.4 Å². The summed E-state index contributed by atoms with van der Waals surface area (Å²) in [5.41, 5.74) is 0.249. The molecule has 10 heteroatoms. The Balaban J connectivity index is 3.06. The minimum absolute atomic E-state index is 0.0762. The number of esters is 2. The van der Waals surface area contributed by atoms with Crippen LogP contribution in [-0.2, 0) is 25.5 Å². The number of hydrogen-bond donors (Lipinski definition) is 1. The van der Waals surface area contributed by atoms with Gasteiger partial charge in [-0.3, -0.25) is 4.79 Å². The number of hydrogen-bond acceptors (Lipinski definition) is 6. The van der Waals surface area contributed by atoms with E-state index < -0.39 is 35.6 Å². The summed E-state index contributed by atoms with van der Waals surface area (Å²) in [4.78, 5) is 38.7. The number of aromatic nitrogens is 1. The third-order valence-corrected chi connectivity index (χ3v) is 4.02. The van der Waals surface area contributed by atoms with Gasteiger partial charge in [0.1, 0.15) is 5.70 Å². The second-order valence-corrected chi connectivity index (χ2v) is 5.88. The molecule has 27 heavy (non-hydrogen) atoms. The van der Waals surface area contributed by atoms with E-state index in [1.54, 1.807) is 13.8 Å². The van der Waals surface area contributed by atoms with Crippen LogP contribution in [0.5, 0.6) is 0 Å². The molecule has 1 N–H and O–H groups in total. The van der Waals surface area contributed by atoms with Crippen LogP contribution in [0, 0.1) is 6.92 Å². The SMILES string of the molecule is COC(=O)/C=C(\C(=O)OC)N(C)C(C)Cc1[nH]c(C(=O)C(F)(F)F)cc1C. The Morgan fingerprint density at radius 2 is 1.85 bits per heavy atom. The highest BCUT2D eigenvalue weighted by atomic mass is 19.4. The van der Waals surface area contributed by atoms with E-state index in [0.29, 0.717) is 11.3 Å². The molecular formula is C17H21F3N2O5. The van der Waals surface area contributed by atoms with Gasteiger partial charge in [-0.15, -0.1) is 0 Å². The molecule has 0 bridgehead atoms. The number of ketones is 1. The first kappa shape index (κ1) is 22.3. The zero-order valence-electron chi connectivity index (χ0n) is 15.6. The third-order valence-electron chi connectivity index (χ3n) is 4.02. The van der Waals surface area contributed by atoms with Gasteiger partial charge < -0.3 is 19.4 Å². The van der Waals surface area contributed by atoms with Gasteiger partial charge in [0.25, 0.3) is 5.78 Å². The van der Waals surface area contributed by atoms with Crippen LogP contribution < -0.4 is 0 Å². The summed E-state index contributed by atoms with van der Waals surface area (Å²) in [6, 6.07) is 0.704. The second kappa shape index (κ2) is 8.74. The minimum atomic E-state index is -4.97. The van der Waals surface area contributed by atoms with Crippen molar-refractivity contribution in [1.82, 2.24) is 9.88 Å². The normalized spacial score (nSPS) is 13.1. The van der Waals surface area contributed by atoms with Crippen LogP contribution in [0.15, 0.2) is 17.8 Å². The Morgan fingerprint density at radius 3 is 2.33 bits per heavy atom. The van der Waals surface area contributed by atoms with Gasteiger partial charge in [0.05, 0.1) is 26.0 Å². The van der Waals surface area contributed by atoms with Gasteiger partial charge in [-0.1, -0.05) is 0 Å². The number of likely N-dealkylation sites (N-methyl/N-ethyl adjacent to an activating group) is 1. The average molecular weight is 390 g/mol. The minimum Gasteiger partial charge on any atom is -0.466 e. The van der Waals surface area contributed by atoms with Crippen molar-refractivity contribution < 1.29 is 37.0 Å². The Hall–Kier alpha value is -2.78. The van der Waals surface area contributed by atoms with E-state index >= 15 is 0 Å². The van der Waals surface area contributed by atoms with Crippen molar-refractivity contribution in [1.29, 1.82) is 0 Å². The maximum atomic E-state index is 12.6. The highest BCUT2D eigenvalue weighted by molar-refractivity contribution is 5.99. The lowest BCUT2D eigenvalue weighted by Crippen LogP contribution is -2.35. The van der Waals surface area contributed by atoms with Crippen LogP contribution in [0.1, 0.15) is 28.7 Å². The van der Waals surface area contributed by atoms with Crippen LogP contribution in [-0.4, -0.2) is 61.1 Å². The number of rotatable bonds is 7. The van der Waals surface area contributed by atoms with Crippen molar-refractivity contribution >= 4 is 17.7 Å². The molecule has 0 amide bonds. The summed E-state index contributed by atoms with van der Waals surface area (Å²) >= 11 is 0. The molecule has 0 saturated carbocycles. The van der Waals surface area contributed by atoms with Crippen molar-refractivity contribution in [2.24, 2.45) is 0 Å². The van der Waals surface area contributed by atoms with Gasteiger partial charge in [0.2, 0.25) is 0 Å². The molecule has 0 spiro atoms. The number of carbonyl (C=O) groups excluding carboxylic acids is 3. The van der Waals surface area contributed by atoms with Crippen molar-refractivity contribution in [2.75, 3.05) is 21.3 Å². The van der Waals surface area contributed by atoms with Gasteiger partial charge >= 0.3 is 18.1 Å². The molecule has 1 rings (SSSR count). The number of ether oxygens (including phenoxy) is 2. The van der Waals surface area contributed by atoms with Crippen LogP contribution in [0.4, 0.5) is 13.2 Å². The summed E-state index contributed by atoms with van der Waals surface area (Å²) in [5.74, 6) is -3.49. The quantitative estimate of drug-likeness (QED) is 0.436. The monoisotopic (exact) mass is 390 g/mol. The van der Waals surface area contributed by atoms with E-state index in [1.807, 2.05) is 0 Å². The fourth-order valence-corrected chi connectivity index (χ4v) is 2.34.